The van der Waals surface area contributed by atoms with E-state index >= 15 is 0 Å². The molecule has 23 heavy (non-hydrogen) atoms. The van der Waals surface area contributed by atoms with Crippen molar-refractivity contribution in [2.45, 2.75) is 13.8 Å². The van der Waals surface area contributed by atoms with E-state index in [0.29, 0.717) is 24.4 Å². The van der Waals surface area contributed by atoms with E-state index in [0.717, 1.165) is 0 Å². The van der Waals surface area contributed by atoms with Gasteiger partial charge in [-0.25, -0.2) is 4.79 Å². The lowest BCUT2D eigenvalue weighted by molar-refractivity contribution is -0.139. The first-order valence-corrected chi connectivity index (χ1v) is 6.86. The molecular formula is C16H25ClO6. The molecule has 0 spiro atoms. The average Bonchev–Trinajstić information content (AvgIpc) is 2.50. The van der Waals surface area contributed by atoms with Crippen molar-refractivity contribution in [3.63, 3.8) is 0 Å². The Balaban J connectivity index is -0.000000284. The minimum absolute atomic E-state index is 0.0615. The summed E-state index contributed by atoms with van der Waals surface area (Å²) in [6.07, 6.45) is 2.60. The summed E-state index contributed by atoms with van der Waals surface area (Å²) in [4.78, 5) is 20.5. The van der Waals surface area contributed by atoms with Gasteiger partial charge in [-0.15, -0.1) is 0 Å². The summed E-state index contributed by atoms with van der Waals surface area (Å²) in [7, 11) is 0. The van der Waals surface area contributed by atoms with Crippen LogP contribution >= 0.6 is 11.6 Å². The Bertz CT molecular complexity index is 378. The number of allylic oxidation sites excluding steroid dienone is 1. The fourth-order valence-electron chi connectivity index (χ4n) is 0.525. The number of esters is 1. The Kier molecular flexibility index (Phi) is 22.4. The van der Waals surface area contributed by atoms with E-state index in [-0.39, 0.29) is 13.2 Å². The molecule has 1 N–H and O–H groups in total. The number of ether oxygens (including phenoxy) is 3. The van der Waals surface area contributed by atoms with Gasteiger partial charge in [0.1, 0.15) is 19.8 Å². The van der Waals surface area contributed by atoms with Gasteiger partial charge in [-0.1, -0.05) is 26.3 Å². The van der Waals surface area contributed by atoms with Crippen LogP contribution in [0.1, 0.15) is 13.8 Å². The number of rotatable bonds is 9. The van der Waals surface area contributed by atoms with E-state index in [1.807, 2.05) is 0 Å². The fourth-order valence-corrected chi connectivity index (χ4v) is 0.525. The summed E-state index contributed by atoms with van der Waals surface area (Å²) < 4.78 is 13.9. The molecule has 132 valence electrons. The van der Waals surface area contributed by atoms with E-state index in [1.165, 1.54) is 12.5 Å². The second kappa shape index (κ2) is 19.9. The Labute approximate surface area is 142 Å². The van der Waals surface area contributed by atoms with Crippen molar-refractivity contribution in [2.75, 3.05) is 26.4 Å². The molecule has 0 aliphatic rings. The van der Waals surface area contributed by atoms with Crippen molar-refractivity contribution in [3.8, 4) is 0 Å². The van der Waals surface area contributed by atoms with Gasteiger partial charge in [-0.2, -0.15) is 0 Å². The molecule has 0 heterocycles. The summed E-state index contributed by atoms with van der Waals surface area (Å²) in [6.45, 7) is 17.4. The Hall–Kier alpha value is -2.05. The van der Waals surface area contributed by atoms with Gasteiger partial charge < -0.3 is 19.3 Å². The van der Waals surface area contributed by atoms with Crippen LogP contribution in [0.25, 0.3) is 0 Å². The highest BCUT2D eigenvalue weighted by molar-refractivity contribution is 6.67. The number of aliphatic hydroxyl groups excluding tert-OH is 1. The van der Waals surface area contributed by atoms with E-state index in [2.05, 4.69) is 31.1 Å². The molecule has 0 amide bonds. The molecule has 0 aliphatic carbocycles. The summed E-state index contributed by atoms with van der Waals surface area (Å²) in [5.74, 6) is -0.391. The maximum absolute atomic E-state index is 10.7. The number of hydrogen-bond acceptors (Lipinski definition) is 6. The van der Waals surface area contributed by atoms with Crippen LogP contribution in [0.2, 0.25) is 0 Å². The van der Waals surface area contributed by atoms with Crippen molar-refractivity contribution in [1.82, 2.24) is 0 Å². The van der Waals surface area contributed by atoms with Crippen molar-refractivity contribution in [1.29, 1.82) is 0 Å². The van der Waals surface area contributed by atoms with E-state index in [9.17, 15) is 9.59 Å². The van der Waals surface area contributed by atoms with E-state index in [4.69, 9.17) is 26.2 Å². The molecule has 0 fully saturated rings. The Morgan fingerprint density at radius 1 is 1.00 bits per heavy atom. The summed E-state index contributed by atoms with van der Waals surface area (Å²) in [6, 6.07) is 0. The van der Waals surface area contributed by atoms with Crippen LogP contribution in [-0.2, 0) is 23.8 Å². The maximum Gasteiger partial charge on any atom is 0.333 e. The molecule has 0 unspecified atom stereocenters. The molecule has 0 bridgehead atoms. The lowest BCUT2D eigenvalue weighted by Crippen LogP contribution is -2.09. The SMILES string of the molecule is C=C(C)C(=O)Cl.C=COCCO.C=COCCOC(=O)C(=C)C. The molecule has 0 saturated carbocycles. The number of aliphatic hydroxyl groups is 1. The number of halogens is 1. The number of carbonyl (C=O) groups excluding carboxylic acids is 2. The summed E-state index contributed by atoms with van der Waals surface area (Å²) in [5, 5.41) is 7.56. The smallest absolute Gasteiger partial charge is 0.333 e. The molecule has 0 aliphatic heterocycles. The standard InChI is InChI=1S/C8H12O3.C4H5ClO.C4H8O2/c1-4-10-5-6-11-8(9)7(2)3;1-3(2)4(5)6;1-2-6-4-3-5/h4H,1-2,5-6H2,3H3;1H2,2H3;2,5H,1,3-4H2. The van der Waals surface area contributed by atoms with Crippen LogP contribution in [0.3, 0.4) is 0 Å². The van der Waals surface area contributed by atoms with Gasteiger partial charge in [-0.05, 0) is 25.4 Å². The normalized spacial score (nSPS) is 8.00. The molecule has 7 heteroatoms. The van der Waals surface area contributed by atoms with Gasteiger partial charge in [0, 0.05) is 11.1 Å². The lowest BCUT2D eigenvalue weighted by atomic mass is 10.4. The van der Waals surface area contributed by atoms with E-state index in [1.54, 1.807) is 13.8 Å². The highest BCUT2D eigenvalue weighted by Gasteiger charge is 2.00. The van der Waals surface area contributed by atoms with Crippen LogP contribution in [0.15, 0.2) is 50.0 Å². The molecule has 0 radical (unpaired) electrons. The third-order valence-electron chi connectivity index (χ3n) is 1.56. The quantitative estimate of drug-likeness (QED) is 0.227. The second-order valence-electron chi connectivity index (χ2n) is 3.77. The van der Waals surface area contributed by atoms with Crippen LogP contribution in [-0.4, -0.2) is 42.7 Å². The largest absolute Gasteiger partial charge is 0.499 e. The topological polar surface area (TPSA) is 82.1 Å². The van der Waals surface area contributed by atoms with Crippen molar-refractivity contribution in [3.05, 3.63) is 50.0 Å². The molecule has 0 atom stereocenters. The molecule has 0 rings (SSSR count). The average molecular weight is 349 g/mol. The van der Waals surface area contributed by atoms with Gasteiger partial charge in [-0.3, -0.25) is 4.79 Å². The zero-order valence-electron chi connectivity index (χ0n) is 13.7. The first-order valence-electron chi connectivity index (χ1n) is 6.48. The molecule has 0 aromatic rings. The Morgan fingerprint density at radius 3 is 1.70 bits per heavy atom. The third kappa shape index (κ3) is 28.8. The van der Waals surface area contributed by atoms with Gasteiger partial charge in [0.15, 0.2) is 0 Å². The lowest BCUT2D eigenvalue weighted by Gasteiger charge is -2.02. The van der Waals surface area contributed by atoms with Gasteiger partial charge >= 0.3 is 5.97 Å². The van der Waals surface area contributed by atoms with Crippen LogP contribution in [0.4, 0.5) is 0 Å². The first-order chi connectivity index (χ1) is 10.7. The monoisotopic (exact) mass is 348 g/mol. The summed E-state index contributed by atoms with van der Waals surface area (Å²) in [5.41, 5.74) is 0.778. The zero-order valence-corrected chi connectivity index (χ0v) is 14.4. The number of hydrogen-bond donors (Lipinski definition) is 1. The van der Waals surface area contributed by atoms with Crippen molar-refractivity contribution in [2.24, 2.45) is 0 Å². The minimum atomic E-state index is -0.463. The zero-order chi connectivity index (χ0) is 18.7. The molecule has 6 nitrogen and oxygen atoms in total. The predicted molar refractivity (Wildman–Crippen MR) is 90.8 cm³/mol. The molecule has 0 aromatic heterocycles. The molecular weight excluding hydrogens is 324 g/mol. The molecule has 0 saturated heterocycles. The highest BCUT2D eigenvalue weighted by atomic mass is 35.5. The summed E-state index contributed by atoms with van der Waals surface area (Å²) >= 11 is 4.87. The fraction of sp³-hybridized carbons (Fsp3) is 0.375. The van der Waals surface area contributed by atoms with Crippen LogP contribution < -0.4 is 0 Å². The van der Waals surface area contributed by atoms with Gasteiger partial charge in [0.25, 0.3) is 0 Å². The van der Waals surface area contributed by atoms with Gasteiger partial charge in [0.05, 0.1) is 19.1 Å². The van der Waals surface area contributed by atoms with Crippen molar-refractivity contribution < 1.29 is 28.9 Å². The van der Waals surface area contributed by atoms with E-state index < -0.39 is 11.2 Å². The minimum Gasteiger partial charge on any atom is -0.499 e. The molecule has 0 aromatic carbocycles. The third-order valence-corrected chi connectivity index (χ3v) is 1.89. The maximum atomic E-state index is 10.7. The first kappa shape index (κ1) is 25.9. The van der Waals surface area contributed by atoms with Crippen LogP contribution in [0, 0.1) is 0 Å². The highest BCUT2D eigenvalue weighted by Crippen LogP contribution is 1.91. The Morgan fingerprint density at radius 2 is 1.43 bits per heavy atom. The number of carbonyl (C=O) groups is 2. The van der Waals surface area contributed by atoms with Crippen molar-refractivity contribution >= 4 is 22.8 Å². The van der Waals surface area contributed by atoms with Crippen LogP contribution in [0.5, 0.6) is 0 Å². The predicted octanol–water partition coefficient (Wildman–Crippen LogP) is 2.73. The van der Waals surface area contributed by atoms with Gasteiger partial charge in [0.2, 0.25) is 5.24 Å². The second-order valence-corrected chi connectivity index (χ2v) is 4.11.